The van der Waals surface area contributed by atoms with Crippen LogP contribution in [0.5, 0.6) is 0 Å². The zero-order valence-electron chi connectivity index (χ0n) is 30.6. The summed E-state index contributed by atoms with van der Waals surface area (Å²) in [6.45, 7) is 4.83. The molecule has 8 unspecified atom stereocenters. The monoisotopic (exact) mass is 647 g/mol. The minimum atomic E-state index is -0.0775. The first-order chi connectivity index (χ1) is 22.3. The number of hydrogen-bond acceptors (Lipinski definition) is 2. The van der Waals surface area contributed by atoms with Crippen LogP contribution in [0.25, 0.3) is 0 Å². The molecule has 2 heterocycles. The van der Waals surface area contributed by atoms with Crippen molar-refractivity contribution in [2.24, 2.45) is 0 Å². The van der Waals surface area contributed by atoms with Gasteiger partial charge in [0.05, 0.1) is 24.4 Å². The molecule has 2 saturated carbocycles. The molecule has 2 nitrogen and oxygen atoms in total. The molecule has 0 bridgehead atoms. The topological polar surface area (TPSA) is 18.5 Å². The SMILES string of the molecule is CCCCCCCCCCC1OC2CCCCCCCCCCCCC2P2C3CCCCCCCCCCCCC3OC(C)C12. The maximum absolute atomic E-state index is 7.43. The molecule has 8 atom stereocenters. The van der Waals surface area contributed by atoms with Gasteiger partial charge in [0.2, 0.25) is 0 Å². The highest BCUT2D eigenvalue weighted by Gasteiger charge is 2.54. The highest BCUT2D eigenvalue weighted by Crippen LogP contribution is 2.65. The Morgan fingerprint density at radius 3 is 1.29 bits per heavy atom. The van der Waals surface area contributed by atoms with E-state index >= 15 is 0 Å². The van der Waals surface area contributed by atoms with Gasteiger partial charge in [0.1, 0.15) is 0 Å². The lowest BCUT2D eigenvalue weighted by molar-refractivity contribution is -0.0923. The fourth-order valence-electron chi connectivity index (χ4n) is 9.79. The Bertz CT molecular complexity index is 699. The van der Waals surface area contributed by atoms with Gasteiger partial charge in [0, 0.05) is 17.0 Å². The summed E-state index contributed by atoms with van der Waals surface area (Å²) in [6, 6.07) is 0. The molecule has 0 radical (unpaired) electrons. The van der Waals surface area contributed by atoms with Crippen molar-refractivity contribution in [3.05, 3.63) is 0 Å². The van der Waals surface area contributed by atoms with Crippen molar-refractivity contribution in [3.63, 3.8) is 0 Å². The molecule has 3 heteroatoms. The zero-order valence-corrected chi connectivity index (χ0v) is 31.5. The fourth-order valence-corrected chi connectivity index (χ4v) is 14.5. The fraction of sp³-hybridized carbons (Fsp3) is 1.00. The summed E-state index contributed by atoms with van der Waals surface area (Å²) >= 11 is 0. The average molecular weight is 647 g/mol. The quantitative estimate of drug-likeness (QED) is 0.183. The number of rotatable bonds is 9. The number of ether oxygens (including phenoxy) is 2. The van der Waals surface area contributed by atoms with E-state index in [9.17, 15) is 0 Å². The Morgan fingerprint density at radius 1 is 0.444 bits per heavy atom. The summed E-state index contributed by atoms with van der Waals surface area (Å²) in [4.78, 5) is 0. The molecule has 4 aliphatic rings. The van der Waals surface area contributed by atoms with Gasteiger partial charge in [-0.2, -0.15) is 0 Å². The summed E-state index contributed by atoms with van der Waals surface area (Å²) in [5, 5.41) is 0. The van der Waals surface area contributed by atoms with Gasteiger partial charge in [-0.25, -0.2) is 0 Å². The second kappa shape index (κ2) is 23.7. The van der Waals surface area contributed by atoms with Crippen molar-refractivity contribution in [2.45, 2.75) is 267 Å². The molecule has 0 amide bonds. The van der Waals surface area contributed by atoms with Gasteiger partial charge in [-0.15, -0.1) is 0 Å². The van der Waals surface area contributed by atoms with Gasteiger partial charge in [-0.05, 0) is 39.0 Å². The molecule has 4 fully saturated rings. The standard InChI is InChI=1S/C42H79O2P/c1-3-4-5-6-7-16-23-28-33-39-42-36(2)43-37-31-26-21-17-12-8-10-14-19-24-29-34-40(37)45(42)41-35-30-25-20-15-11-9-13-18-22-27-32-38(41)44-39/h36-42H,3-35H2,1-2H3. The van der Waals surface area contributed by atoms with E-state index in [0.717, 1.165) is 11.3 Å². The maximum atomic E-state index is 7.43. The van der Waals surface area contributed by atoms with Crippen molar-refractivity contribution < 1.29 is 9.47 Å². The minimum Gasteiger partial charge on any atom is -0.374 e. The van der Waals surface area contributed by atoms with Gasteiger partial charge in [0.15, 0.2) is 0 Å². The molecule has 0 aromatic rings. The van der Waals surface area contributed by atoms with E-state index in [2.05, 4.69) is 13.8 Å². The number of unbranched alkanes of at least 4 members (excludes halogenated alkanes) is 7. The molecular formula is C42H79O2P. The smallest absolute Gasteiger partial charge is 0.0671 e. The van der Waals surface area contributed by atoms with Gasteiger partial charge in [0.25, 0.3) is 0 Å². The van der Waals surface area contributed by atoms with Crippen molar-refractivity contribution in [1.29, 1.82) is 0 Å². The summed E-state index contributed by atoms with van der Waals surface area (Å²) < 4.78 is 14.6. The van der Waals surface area contributed by atoms with Crippen LogP contribution in [0, 0.1) is 0 Å². The third kappa shape index (κ3) is 13.6. The third-order valence-corrected chi connectivity index (χ3v) is 16.5. The molecule has 45 heavy (non-hydrogen) atoms. The van der Waals surface area contributed by atoms with Crippen LogP contribution in [0.4, 0.5) is 0 Å². The Kier molecular flexibility index (Phi) is 20.1. The lowest BCUT2D eigenvalue weighted by Crippen LogP contribution is -2.57. The molecule has 2 aliphatic heterocycles. The van der Waals surface area contributed by atoms with Crippen molar-refractivity contribution >= 4 is 7.92 Å². The molecular weight excluding hydrogens is 567 g/mol. The maximum Gasteiger partial charge on any atom is 0.0671 e. The van der Waals surface area contributed by atoms with E-state index in [1.54, 1.807) is 0 Å². The summed E-state index contributed by atoms with van der Waals surface area (Å²) in [5.74, 6) is 0. The molecule has 4 rings (SSSR count). The van der Waals surface area contributed by atoms with Gasteiger partial charge >= 0.3 is 0 Å². The average Bonchev–Trinajstić information content (AvgIpc) is 3.04. The highest BCUT2D eigenvalue weighted by atomic mass is 31.1. The van der Waals surface area contributed by atoms with Gasteiger partial charge < -0.3 is 9.47 Å². The molecule has 0 aromatic carbocycles. The van der Waals surface area contributed by atoms with Gasteiger partial charge in [-0.3, -0.25) is 0 Å². The van der Waals surface area contributed by atoms with Crippen LogP contribution in [-0.2, 0) is 9.47 Å². The van der Waals surface area contributed by atoms with Crippen LogP contribution in [0.15, 0.2) is 0 Å². The molecule has 0 aromatic heterocycles. The van der Waals surface area contributed by atoms with Crippen LogP contribution in [-0.4, -0.2) is 41.4 Å². The van der Waals surface area contributed by atoms with E-state index in [1.165, 1.54) is 212 Å². The van der Waals surface area contributed by atoms with E-state index in [0.29, 0.717) is 30.1 Å². The normalized spacial score (nSPS) is 35.6. The van der Waals surface area contributed by atoms with Crippen molar-refractivity contribution in [1.82, 2.24) is 0 Å². The number of hydrogen-bond donors (Lipinski definition) is 0. The first-order valence-electron chi connectivity index (χ1n) is 21.4. The Labute approximate surface area is 283 Å². The van der Waals surface area contributed by atoms with Crippen LogP contribution >= 0.6 is 7.92 Å². The zero-order chi connectivity index (χ0) is 31.4. The summed E-state index contributed by atoms with van der Waals surface area (Å²) in [6.07, 6.45) is 49.2. The largest absolute Gasteiger partial charge is 0.374 e. The predicted octanol–water partition coefficient (Wildman–Crippen LogP) is 14.0. The van der Waals surface area contributed by atoms with E-state index in [4.69, 9.17) is 9.47 Å². The van der Waals surface area contributed by atoms with Crippen LogP contribution in [0.3, 0.4) is 0 Å². The lowest BCUT2D eigenvalue weighted by atomic mass is 9.96. The second-order valence-corrected chi connectivity index (χ2v) is 19.0. The Balaban J connectivity index is 1.51. The Hall–Kier alpha value is 0.350. The van der Waals surface area contributed by atoms with Crippen molar-refractivity contribution in [2.75, 3.05) is 0 Å². The van der Waals surface area contributed by atoms with E-state index < -0.39 is 0 Å². The summed E-state index contributed by atoms with van der Waals surface area (Å²) in [7, 11) is -0.0775. The lowest BCUT2D eigenvalue weighted by Gasteiger charge is -2.57. The first kappa shape index (κ1) is 38.2. The van der Waals surface area contributed by atoms with Gasteiger partial charge in [-0.1, -0.05) is 195 Å². The molecule has 0 N–H and O–H groups in total. The second-order valence-electron chi connectivity index (χ2n) is 16.2. The van der Waals surface area contributed by atoms with E-state index in [-0.39, 0.29) is 7.92 Å². The minimum absolute atomic E-state index is 0.0775. The Morgan fingerprint density at radius 2 is 0.822 bits per heavy atom. The molecule has 2 aliphatic carbocycles. The molecule has 2 saturated heterocycles. The van der Waals surface area contributed by atoms with Crippen LogP contribution in [0.2, 0.25) is 0 Å². The predicted molar refractivity (Wildman–Crippen MR) is 199 cm³/mol. The van der Waals surface area contributed by atoms with Crippen LogP contribution < -0.4 is 0 Å². The summed E-state index contributed by atoms with van der Waals surface area (Å²) in [5.41, 5.74) is 2.35. The van der Waals surface area contributed by atoms with Crippen molar-refractivity contribution in [3.8, 4) is 0 Å². The highest BCUT2D eigenvalue weighted by molar-refractivity contribution is 7.60. The third-order valence-electron chi connectivity index (χ3n) is 12.4. The number of fused-ring (bicyclic) bond motifs is 5. The molecule has 0 spiro atoms. The van der Waals surface area contributed by atoms with Crippen LogP contribution in [0.1, 0.15) is 226 Å². The van der Waals surface area contributed by atoms with E-state index in [1.807, 2.05) is 0 Å². The molecule has 264 valence electrons. The first-order valence-corrected chi connectivity index (χ1v) is 22.9.